The maximum atomic E-state index is 5.47. The van der Waals surface area contributed by atoms with Gasteiger partial charge in [-0.15, -0.1) is 0 Å². The maximum absolute atomic E-state index is 5.47. The molecule has 0 bridgehead atoms. The lowest BCUT2D eigenvalue weighted by Gasteiger charge is -2.11. The van der Waals surface area contributed by atoms with Gasteiger partial charge in [-0.25, -0.2) is 5.84 Å². The number of rotatable bonds is 3. The summed E-state index contributed by atoms with van der Waals surface area (Å²) in [6, 6.07) is 0. The number of hydrogen-bond donors (Lipinski definition) is 3. The van der Waals surface area contributed by atoms with Crippen molar-refractivity contribution in [2.24, 2.45) is 10.8 Å². The van der Waals surface area contributed by atoms with Gasteiger partial charge in [-0.3, -0.25) is 10.4 Å². The number of guanidine groups is 1. The van der Waals surface area contributed by atoms with Crippen molar-refractivity contribution in [3.63, 3.8) is 0 Å². The van der Waals surface area contributed by atoms with Crippen LogP contribution in [0, 0.1) is 0 Å². The third-order valence-electron chi connectivity index (χ3n) is 2.14. The highest BCUT2D eigenvalue weighted by molar-refractivity contribution is 5.78. The molecule has 1 atom stereocenters. The first-order valence-corrected chi connectivity index (χ1v) is 4.65. The van der Waals surface area contributed by atoms with E-state index in [-0.39, 0.29) is 0 Å². The van der Waals surface area contributed by atoms with Crippen LogP contribution in [0.2, 0.25) is 0 Å². The summed E-state index contributed by atoms with van der Waals surface area (Å²) in [7, 11) is 1.69. The molecule has 13 heavy (non-hydrogen) atoms. The van der Waals surface area contributed by atoms with Crippen LogP contribution in [-0.4, -0.2) is 32.3 Å². The van der Waals surface area contributed by atoms with Crippen molar-refractivity contribution in [3.8, 4) is 0 Å². The van der Waals surface area contributed by atoms with E-state index in [0.717, 1.165) is 19.6 Å². The SMILES string of the molecule is CN=C(NN)NCCC1CCCO1. The Kier molecular flexibility index (Phi) is 4.56. The van der Waals surface area contributed by atoms with E-state index in [1.807, 2.05) is 0 Å². The van der Waals surface area contributed by atoms with Crippen molar-refractivity contribution in [1.82, 2.24) is 10.7 Å². The van der Waals surface area contributed by atoms with Crippen LogP contribution in [0.5, 0.6) is 0 Å². The van der Waals surface area contributed by atoms with E-state index in [4.69, 9.17) is 10.6 Å². The van der Waals surface area contributed by atoms with Crippen LogP contribution in [0.15, 0.2) is 4.99 Å². The molecular weight excluding hydrogens is 168 g/mol. The number of ether oxygens (including phenoxy) is 1. The van der Waals surface area contributed by atoms with E-state index in [1.165, 1.54) is 12.8 Å². The Morgan fingerprint density at radius 1 is 1.69 bits per heavy atom. The molecule has 1 heterocycles. The summed E-state index contributed by atoms with van der Waals surface area (Å²) in [5.74, 6) is 5.83. The molecule has 1 aliphatic rings. The molecule has 1 rings (SSSR count). The van der Waals surface area contributed by atoms with Crippen LogP contribution in [0.25, 0.3) is 0 Å². The molecule has 0 aromatic carbocycles. The second kappa shape index (κ2) is 5.77. The van der Waals surface area contributed by atoms with E-state index >= 15 is 0 Å². The Balaban J connectivity index is 2.05. The summed E-state index contributed by atoms with van der Waals surface area (Å²) in [6.45, 7) is 1.76. The van der Waals surface area contributed by atoms with E-state index in [2.05, 4.69) is 15.7 Å². The Bertz CT molecular complexity index is 166. The molecule has 1 aliphatic heterocycles. The lowest BCUT2D eigenvalue weighted by molar-refractivity contribution is 0.105. The first-order chi connectivity index (χ1) is 6.36. The maximum Gasteiger partial charge on any atom is 0.205 e. The molecule has 1 unspecified atom stereocenters. The first kappa shape index (κ1) is 10.3. The highest BCUT2D eigenvalue weighted by atomic mass is 16.5. The summed E-state index contributed by atoms with van der Waals surface area (Å²) < 4.78 is 5.47. The summed E-state index contributed by atoms with van der Waals surface area (Å²) >= 11 is 0. The molecular formula is C8H18N4O. The highest BCUT2D eigenvalue weighted by Crippen LogP contribution is 2.14. The Morgan fingerprint density at radius 3 is 3.08 bits per heavy atom. The molecule has 0 amide bonds. The van der Waals surface area contributed by atoms with Crippen LogP contribution >= 0.6 is 0 Å². The fourth-order valence-electron chi connectivity index (χ4n) is 1.42. The number of hydrogen-bond acceptors (Lipinski definition) is 3. The van der Waals surface area contributed by atoms with E-state index in [9.17, 15) is 0 Å². The molecule has 4 N–H and O–H groups in total. The van der Waals surface area contributed by atoms with Gasteiger partial charge in [0.2, 0.25) is 5.96 Å². The second-order valence-corrected chi connectivity index (χ2v) is 3.07. The summed E-state index contributed by atoms with van der Waals surface area (Å²) in [4.78, 5) is 3.90. The van der Waals surface area contributed by atoms with Crippen LogP contribution < -0.4 is 16.6 Å². The molecule has 0 aromatic heterocycles. The van der Waals surface area contributed by atoms with Gasteiger partial charge in [-0.05, 0) is 19.3 Å². The normalized spacial score (nSPS) is 23.2. The number of aliphatic imine (C=N–C) groups is 1. The smallest absolute Gasteiger partial charge is 0.205 e. The van der Waals surface area contributed by atoms with Crippen molar-refractivity contribution in [3.05, 3.63) is 0 Å². The molecule has 5 nitrogen and oxygen atoms in total. The zero-order chi connectivity index (χ0) is 9.52. The minimum absolute atomic E-state index is 0.420. The molecule has 0 radical (unpaired) electrons. The molecule has 0 saturated carbocycles. The minimum Gasteiger partial charge on any atom is -0.378 e. The summed E-state index contributed by atoms with van der Waals surface area (Å²) in [5.41, 5.74) is 2.48. The van der Waals surface area contributed by atoms with Crippen molar-refractivity contribution >= 4 is 5.96 Å². The fraction of sp³-hybridized carbons (Fsp3) is 0.875. The third kappa shape index (κ3) is 3.61. The van der Waals surface area contributed by atoms with Crippen molar-refractivity contribution in [2.75, 3.05) is 20.2 Å². The molecule has 5 heteroatoms. The van der Waals surface area contributed by atoms with E-state index < -0.39 is 0 Å². The predicted molar refractivity (Wildman–Crippen MR) is 52.3 cm³/mol. The summed E-state index contributed by atoms with van der Waals surface area (Å²) in [6.07, 6.45) is 3.80. The molecule has 1 fully saturated rings. The van der Waals surface area contributed by atoms with Crippen molar-refractivity contribution in [1.29, 1.82) is 0 Å². The largest absolute Gasteiger partial charge is 0.378 e. The van der Waals surface area contributed by atoms with Crippen LogP contribution in [0.4, 0.5) is 0 Å². The number of nitrogens with two attached hydrogens (primary N) is 1. The topological polar surface area (TPSA) is 71.7 Å². The van der Waals surface area contributed by atoms with Gasteiger partial charge in [-0.2, -0.15) is 0 Å². The summed E-state index contributed by atoms with van der Waals surface area (Å²) in [5, 5.41) is 3.08. The average Bonchev–Trinajstić information content (AvgIpc) is 2.65. The van der Waals surface area contributed by atoms with Gasteiger partial charge in [0.25, 0.3) is 0 Å². The predicted octanol–water partition coefficient (Wildman–Crippen LogP) is -0.406. The van der Waals surface area contributed by atoms with Crippen molar-refractivity contribution < 1.29 is 4.74 Å². The minimum atomic E-state index is 0.420. The van der Waals surface area contributed by atoms with Crippen LogP contribution in [0.1, 0.15) is 19.3 Å². The quantitative estimate of drug-likeness (QED) is 0.242. The van der Waals surface area contributed by atoms with Crippen molar-refractivity contribution in [2.45, 2.75) is 25.4 Å². The van der Waals surface area contributed by atoms with Gasteiger partial charge < -0.3 is 10.1 Å². The lowest BCUT2D eigenvalue weighted by atomic mass is 10.2. The molecule has 0 spiro atoms. The van der Waals surface area contributed by atoms with Crippen LogP contribution in [0.3, 0.4) is 0 Å². The Morgan fingerprint density at radius 2 is 2.54 bits per heavy atom. The zero-order valence-corrected chi connectivity index (χ0v) is 8.05. The van der Waals surface area contributed by atoms with Gasteiger partial charge in [-0.1, -0.05) is 0 Å². The van der Waals surface area contributed by atoms with Gasteiger partial charge >= 0.3 is 0 Å². The molecule has 1 saturated heterocycles. The van der Waals surface area contributed by atoms with Gasteiger partial charge in [0, 0.05) is 20.2 Å². The standard InChI is InChI=1S/C8H18N4O/c1-10-8(12-9)11-5-4-7-3-2-6-13-7/h7H,2-6,9H2,1H3,(H2,10,11,12). The molecule has 76 valence electrons. The fourth-order valence-corrected chi connectivity index (χ4v) is 1.42. The highest BCUT2D eigenvalue weighted by Gasteiger charge is 2.14. The Labute approximate surface area is 78.7 Å². The average molecular weight is 186 g/mol. The van der Waals surface area contributed by atoms with E-state index in [1.54, 1.807) is 7.05 Å². The Hall–Kier alpha value is -0.810. The number of hydrazine groups is 1. The van der Waals surface area contributed by atoms with E-state index in [0.29, 0.717) is 12.1 Å². The van der Waals surface area contributed by atoms with Gasteiger partial charge in [0.15, 0.2) is 0 Å². The lowest BCUT2D eigenvalue weighted by Crippen LogP contribution is -2.42. The first-order valence-electron chi connectivity index (χ1n) is 4.65. The van der Waals surface area contributed by atoms with Gasteiger partial charge in [0.1, 0.15) is 0 Å². The van der Waals surface area contributed by atoms with Crippen LogP contribution in [-0.2, 0) is 4.74 Å². The monoisotopic (exact) mass is 186 g/mol. The number of nitrogens with one attached hydrogen (secondary N) is 2. The zero-order valence-electron chi connectivity index (χ0n) is 8.05. The molecule has 0 aliphatic carbocycles. The second-order valence-electron chi connectivity index (χ2n) is 3.07. The van der Waals surface area contributed by atoms with Gasteiger partial charge in [0.05, 0.1) is 6.10 Å². The number of nitrogens with zero attached hydrogens (tertiary/aromatic N) is 1. The third-order valence-corrected chi connectivity index (χ3v) is 2.14. The molecule has 0 aromatic rings.